The minimum atomic E-state index is 0. The molecule has 3 atom stereocenters. The summed E-state index contributed by atoms with van der Waals surface area (Å²) in [6.07, 6.45) is 3.98. The van der Waals surface area contributed by atoms with Crippen LogP contribution in [0.5, 0.6) is 0 Å². The van der Waals surface area contributed by atoms with Crippen molar-refractivity contribution in [2.24, 2.45) is 11.8 Å². The van der Waals surface area contributed by atoms with E-state index in [9.17, 15) is 4.79 Å². The molecule has 150 valence electrons. The maximum atomic E-state index is 12.5. The van der Waals surface area contributed by atoms with Crippen molar-refractivity contribution in [2.75, 3.05) is 33.7 Å². The molecule has 0 aliphatic carbocycles. The van der Waals surface area contributed by atoms with Gasteiger partial charge in [-0.3, -0.25) is 4.79 Å². The fourth-order valence-corrected chi connectivity index (χ4v) is 3.61. The van der Waals surface area contributed by atoms with E-state index in [4.69, 9.17) is 0 Å². The van der Waals surface area contributed by atoms with E-state index in [2.05, 4.69) is 60.8 Å². The number of likely N-dealkylation sites (N-methyl/N-ethyl adjacent to an activating group) is 1. The van der Waals surface area contributed by atoms with Crippen LogP contribution in [-0.2, 0) is 11.2 Å². The average Bonchev–Trinajstić information content (AvgIpc) is 2.55. The number of carbonyl (C=O) groups is 1. The molecule has 1 aliphatic rings. The highest BCUT2D eigenvalue weighted by atomic mass is 35.5. The lowest BCUT2D eigenvalue weighted by molar-refractivity contribution is -0.123. The highest BCUT2D eigenvalue weighted by Gasteiger charge is 2.23. The van der Waals surface area contributed by atoms with Gasteiger partial charge in [0.05, 0.1) is 0 Å². The van der Waals surface area contributed by atoms with E-state index in [-0.39, 0.29) is 36.8 Å². The summed E-state index contributed by atoms with van der Waals surface area (Å²) in [6, 6.07) is 10.6. The molecule has 6 heteroatoms. The van der Waals surface area contributed by atoms with E-state index in [1.165, 1.54) is 18.4 Å². The minimum absolute atomic E-state index is 0. The second kappa shape index (κ2) is 13.4. The van der Waals surface area contributed by atoms with Crippen molar-refractivity contribution in [1.29, 1.82) is 0 Å². The van der Waals surface area contributed by atoms with Gasteiger partial charge < -0.3 is 15.5 Å². The van der Waals surface area contributed by atoms with Gasteiger partial charge in [-0.25, -0.2) is 0 Å². The molecule has 1 amide bonds. The van der Waals surface area contributed by atoms with Crippen molar-refractivity contribution in [3.05, 3.63) is 35.9 Å². The Morgan fingerprint density at radius 3 is 2.54 bits per heavy atom. The van der Waals surface area contributed by atoms with Crippen molar-refractivity contribution in [3.63, 3.8) is 0 Å². The van der Waals surface area contributed by atoms with Crippen molar-refractivity contribution in [2.45, 2.75) is 38.6 Å². The van der Waals surface area contributed by atoms with Gasteiger partial charge in [0.1, 0.15) is 0 Å². The molecule has 0 bridgehead atoms. The Hall–Kier alpha value is -0.810. The van der Waals surface area contributed by atoms with Crippen molar-refractivity contribution in [3.8, 4) is 0 Å². The highest BCUT2D eigenvalue weighted by Crippen LogP contribution is 2.22. The number of hydrogen-bond donors (Lipinski definition) is 2. The summed E-state index contributed by atoms with van der Waals surface area (Å²) in [5.41, 5.74) is 1.27. The topological polar surface area (TPSA) is 44.4 Å². The maximum absolute atomic E-state index is 12.5. The molecule has 4 nitrogen and oxygen atoms in total. The van der Waals surface area contributed by atoms with Gasteiger partial charge in [0.15, 0.2) is 0 Å². The van der Waals surface area contributed by atoms with Gasteiger partial charge in [-0.15, -0.1) is 24.8 Å². The Bertz CT molecular complexity index is 493. The molecule has 0 aromatic heterocycles. The molecule has 0 saturated carbocycles. The smallest absolute Gasteiger partial charge is 0.220 e. The van der Waals surface area contributed by atoms with Gasteiger partial charge >= 0.3 is 0 Å². The van der Waals surface area contributed by atoms with Gasteiger partial charge in [0.2, 0.25) is 5.91 Å². The number of amides is 1. The number of benzene rings is 1. The summed E-state index contributed by atoms with van der Waals surface area (Å²) in [5.74, 6) is 1.26. The lowest BCUT2D eigenvalue weighted by atomic mass is 9.85. The number of hydrogen-bond acceptors (Lipinski definition) is 3. The summed E-state index contributed by atoms with van der Waals surface area (Å²) in [4.78, 5) is 14.7. The summed E-state index contributed by atoms with van der Waals surface area (Å²) < 4.78 is 0. The molecule has 1 aromatic carbocycles. The molecular weight excluding hydrogens is 369 g/mol. The van der Waals surface area contributed by atoms with Crippen molar-refractivity contribution < 1.29 is 4.79 Å². The Morgan fingerprint density at radius 1 is 1.27 bits per heavy atom. The predicted octanol–water partition coefficient (Wildman–Crippen LogP) is 3.14. The van der Waals surface area contributed by atoms with Crippen LogP contribution >= 0.6 is 24.8 Å². The molecule has 3 unspecified atom stereocenters. The van der Waals surface area contributed by atoms with Gasteiger partial charge in [-0.05, 0) is 63.8 Å². The zero-order chi connectivity index (χ0) is 17.4. The summed E-state index contributed by atoms with van der Waals surface area (Å²) in [7, 11) is 4.11. The van der Waals surface area contributed by atoms with Crippen LogP contribution in [0, 0.1) is 11.8 Å². The van der Waals surface area contributed by atoms with Crippen LogP contribution < -0.4 is 10.6 Å². The first-order chi connectivity index (χ1) is 11.5. The van der Waals surface area contributed by atoms with Crippen molar-refractivity contribution >= 4 is 30.7 Å². The summed E-state index contributed by atoms with van der Waals surface area (Å²) in [5, 5.41) is 6.72. The fraction of sp³-hybridized carbons (Fsp3) is 0.650. The first-order valence-corrected chi connectivity index (χ1v) is 9.23. The van der Waals surface area contributed by atoms with Gasteiger partial charge in [0, 0.05) is 19.0 Å². The Balaban J connectivity index is 0.00000312. The normalized spacial score (nSPS) is 19.0. The molecule has 0 radical (unpaired) electrons. The molecular formula is C20H35Cl2N3O. The predicted molar refractivity (Wildman–Crippen MR) is 115 cm³/mol. The third-order valence-corrected chi connectivity index (χ3v) is 4.92. The molecule has 26 heavy (non-hydrogen) atoms. The molecule has 1 aliphatic heterocycles. The fourth-order valence-electron chi connectivity index (χ4n) is 3.61. The van der Waals surface area contributed by atoms with Crippen LogP contribution in [0.4, 0.5) is 0 Å². The Morgan fingerprint density at radius 2 is 1.96 bits per heavy atom. The van der Waals surface area contributed by atoms with E-state index in [0.29, 0.717) is 18.3 Å². The molecule has 1 heterocycles. The third kappa shape index (κ3) is 9.22. The van der Waals surface area contributed by atoms with E-state index in [1.54, 1.807) is 0 Å². The standard InChI is InChI=1S/C20H33N3O.2ClH/c1-16(18-10-7-11-21-14-18)12-20(24)22-19(15-23(2)3)13-17-8-5-4-6-9-17;;/h4-6,8-9,16,18-19,21H,7,10-15H2,1-3H3,(H,22,24);2*1H. The van der Waals surface area contributed by atoms with E-state index in [0.717, 1.165) is 26.1 Å². The highest BCUT2D eigenvalue weighted by molar-refractivity contribution is 5.85. The number of piperidine rings is 1. The number of nitrogens with zero attached hydrogens (tertiary/aromatic N) is 1. The monoisotopic (exact) mass is 403 g/mol. The first-order valence-electron chi connectivity index (χ1n) is 9.23. The molecule has 1 fully saturated rings. The second-order valence-electron chi connectivity index (χ2n) is 7.50. The number of carbonyl (C=O) groups excluding carboxylic acids is 1. The van der Waals surface area contributed by atoms with E-state index >= 15 is 0 Å². The van der Waals surface area contributed by atoms with Crippen LogP contribution in [-0.4, -0.2) is 50.6 Å². The van der Waals surface area contributed by atoms with Gasteiger partial charge in [0.25, 0.3) is 0 Å². The van der Waals surface area contributed by atoms with Gasteiger partial charge in [-0.1, -0.05) is 37.3 Å². The minimum Gasteiger partial charge on any atom is -0.352 e. The zero-order valence-electron chi connectivity index (χ0n) is 16.2. The van der Waals surface area contributed by atoms with Crippen LogP contribution in [0.25, 0.3) is 0 Å². The molecule has 2 rings (SSSR count). The maximum Gasteiger partial charge on any atom is 0.220 e. The molecule has 1 saturated heterocycles. The Labute approximate surface area is 171 Å². The first kappa shape index (κ1) is 25.2. The lowest BCUT2D eigenvalue weighted by Gasteiger charge is -2.29. The summed E-state index contributed by atoms with van der Waals surface area (Å²) in [6.45, 7) is 5.26. The number of rotatable bonds is 8. The molecule has 1 aromatic rings. The Kier molecular flexibility index (Phi) is 13.0. The zero-order valence-corrected chi connectivity index (χ0v) is 17.9. The molecule has 0 spiro atoms. The van der Waals surface area contributed by atoms with Gasteiger partial charge in [-0.2, -0.15) is 0 Å². The van der Waals surface area contributed by atoms with Crippen molar-refractivity contribution in [1.82, 2.24) is 15.5 Å². The van der Waals surface area contributed by atoms with Crippen LogP contribution in [0.3, 0.4) is 0 Å². The third-order valence-electron chi connectivity index (χ3n) is 4.92. The van der Waals surface area contributed by atoms with E-state index in [1.807, 2.05) is 6.07 Å². The van der Waals surface area contributed by atoms with Crippen LogP contribution in [0.2, 0.25) is 0 Å². The van der Waals surface area contributed by atoms with Crippen LogP contribution in [0.1, 0.15) is 31.7 Å². The second-order valence-corrected chi connectivity index (χ2v) is 7.50. The quantitative estimate of drug-likeness (QED) is 0.700. The SMILES string of the molecule is CC(CC(=O)NC(Cc1ccccc1)CN(C)C)C1CCCNC1.Cl.Cl. The van der Waals surface area contributed by atoms with E-state index < -0.39 is 0 Å². The molecule has 2 N–H and O–H groups in total. The lowest BCUT2D eigenvalue weighted by Crippen LogP contribution is -2.44. The average molecular weight is 404 g/mol. The largest absolute Gasteiger partial charge is 0.352 e. The van der Waals surface area contributed by atoms with Crippen LogP contribution in [0.15, 0.2) is 30.3 Å². The summed E-state index contributed by atoms with van der Waals surface area (Å²) >= 11 is 0. The number of halogens is 2. The number of nitrogens with one attached hydrogen (secondary N) is 2.